The Hall–Kier alpha value is -2.34. The van der Waals surface area contributed by atoms with Crippen LogP contribution < -0.4 is 4.74 Å². The molecular weight excluding hydrogens is 335 g/mol. The molecular formula is C18H14F3NOS. The lowest BCUT2D eigenvalue weighted by Crippen LogP contribution is -2.04. The van der Waals surface area contributed by atoms with E-state index in [4.69, 9.17) is 4.74 Å². The Labute approximate surface area is 141 Å². The molecule has 0 aliphatic rings. The van der Waals surface area contributed by atoms with Crippen molar-refractivity contribution in [3.8, 4) is 22.2 Å². The molecule has 0 aliphatic heterocycles. The van der Waals surface area contributed by atoms with Crippen molar-refractivity contribution in [2.75, 3.05) is 0 Å². The number of aromatic nitrogens is 1. The number of pyridine rings is 1. The van der Waals surface area contributed by atoms with Crippen LogP contribution in [0.4, 0.5) is 13.2 Å². The molecule has 0 amide bonds. The molecule has 1 aromatic carbocycles. The maximum atomic E-state index is 12.7. The van der Waals surface area contributed by atoms with Crippen molar-refractivity contribution in [2.24, 2.45) is 0 Å². The van der Waals surface area contributed by atoms with Crippen molar-refractivity contribution in [1.29, 1.82) is 0 Å². The van der Waals surface area contributed by atoms with Gasteiger partial charge in [-0.2, -0.15) is 13.2 Å². The summed E-state index contributed by atoms with van der Waals surface area (Å²) < 4.78 is 43.7. The van der Waals surface area contributed by atoms with E-state index in [0.29, 0.717) is 17.1 Å². The van der Waals surface area contributed by atoms with Crippen molar-refractivity contribution in [3.63, 3.8) is 0 Å². The average Bonchev–Trinajstić information content (AvgIpc) is 2.91. The normalized spacial score (nSPS) is 11.5. The van der Waals surface area contributed by atoms with Crippen molar-refractivity contribution in [3.05, 3.63) is 64.5 Å². The molecule has 0 radical (unpaired) electrons. The van der Waals surface area contributed by atoms with E-state index in [-0.39, 0.29) is 0 Å². The van der Waals surface area contributed by atoms with E-state index in [9.17, 15) is 13.2 Å². The van der Waals surface area contributed by atoms with Gasteiger partial charge in [-0.3, -0.25) is 0 Å². The Morgan fingerprint density at radius 2 is 1.67 bits per heavy atom. The second-order valence-corrected chi connectivity index (χ2v) is 6.66. The van der Waals surface area contributed by atoms with E-state index in [1.807, 2.05) is 32.0 Å². The van der Waals surface area contributed by atoms with E-state index in [1.54, 1.807) is 6.07 Å². The first-order chi connectivity index (χ1) is 11.3. The van der Waals surface area contributed by atoms with Crippen molar-refractivity contribution >= 4 is 11.3 Å². The van der Waals surface area contributed by atoms with E-state index in [0.717, 1.165) is 27.6 Å². The minimum atomic E-state index is -4.34. The van der Waals surface area contributed by atoms with Crippen LogP contribution in [0.5, 0.6) is 10.9 Å². The van der Waals surface area contributed by atoms with Gasteiger partial charge in [0.2, 0.25) is 5.88 Å². The second kappa shape index (κ2) is 6.28. The standard InChI is InChI=1S/C18H14F3NOS/c1-11-9-15(13-4-6-14(7-5-13)18(19,20)21)22-16(10-11)23-17-8-3-12(2)24-17/h3-10H,1-2H3. The third kappa shape index (κ3) is 3.76. The van der Waals surface area contributed by atoms with Gasteiger partial charge in [-0.15, -0.1) is 11.3 Å². The van der Waals surface area contributed by atoms with Crippen molar-refractivity contribution in [1.82, 2.24) is 4.98 Å². The van der Waals surface area contributed by atoms with Gasteiger partial charge in [-0.05, 0) is 49.7 Å². The summed E-state index contributed by atoms with van der Waals surface area (Å²) in [6.07, 6.45) is -4.34. The van der Waals surface area contributed by atoms with Crippen LogP contribution in [0.1, 0.15) is 16.0 Å². The number of aryl methyl sites for hydroxylation is 2. The smallest absolute Gasteiger partial charge is 0.416 e. The number of nitrogens with zero attached hydrogens (tertiary/aromatic N) is 1. The van der Waals surface area contributed by atoms with Crippen LogP contribution in [0.2, 0.25) is 0 Å². The molecule has 0 N–H and O–H groups in total. The first-order valence-electron chi connectivity index (χ1n) is 7.22. The molecule has 24 heavy (non-hydrogen) atoms. The fourth-order valence-corrected chi connectivity index (χ4v) is 2.95. The van der Waals surface area contributed by atoms with Gasteiger partial charge in [0.15, 0.2) is 5.06 Å². The number of thiophene rings is 1. The molecule has 0 bridgehead atoms. The zero-order valence-electron chi connectivity index (χ0n) is 13.0. The highest BCUT2D eigenvalue weighted by Gasteiger charge is 2.30. The Kier molecular flexibility index (Phi) is 4.32. The summed E-state index contributed by atoms with van der Waals surface area (Å²) >= 11 is 1.51. The van der Waals surface area contributed by atoms with Gasteiger partial charge in [0.1, 0.15) is 0 Å². The fraction of sp³-hybridized carbons (Fsp3) is 0.167. The van der Waals surface area contributed by atoms with Crippen molar-refractivity contribution < 1.29 is 17.9 Å². The Balaban J connectivity index is 1.91. The van der Waals surface area contributed by atoms with Gasteiger partial charge < -0.3 is 4.74 Å². The van der Waals surface area contributed by atoms with Gasteiger partial charge in [0, 0.05) is 16.5 Å². The van der Waals surface area contributed by atoms with Crippen LogP contribution in [0, 0.1) is 13.8 Å². The lowest BCUT2D eigenvalue weighted by atomic mass is 10.1. The predicted molar refractivity (Wildman–Crippen MR) is 88.5 cm³/mol. The van der Waals surface area contributed by atoms with Gasteiger partial charge in [-0.1, -0.05) is 12.1 Å². The lowest BCUT2D eigenvalue weighted by molar-refractivity contribution is -0.137. The summed E-state index contributed by atoms with van der Waals surface area (Å²) in [5.41, 5.74) is 1.43. The minimum absolute atomic E-state index is 0.423. The molecule has 0 unspecified atom stereocenters. The number of alkyl halides is 3. The third-order valence-corrected chi connectivity index (χ3v) is 4.25. The molecule has 6 heteroatoms. The number of rotatable bonds is 3. The number of benzene rings is 1. The predicted octanol–water partition coefficient (Wildman–Crippen LogP) is 6.24. The molecule has 3 aromatic rings. The van der Waals surface area contributed by atoms with Crippen molar-refractivity contribution in [2.45, 2.75) is 20.0 Å². The van der Waals surface area contributed by atoms with Gasteiger partial charge in [0.25, 0.3) is 0 Å². The average molecular weight is 349 g/mol. The number of hydrogen-bond donors (Lipinski definition) is 0. The van der Waals surface area contributed by atoms with Gasteiger partial charge in [-0.25, -0.2) is 4.98 Å². The van der Waals surface area contributed by atoms with Crippen LogP contribution in [-0.2, 0) is 6.18 Å². The van der Waals surface area contributed by atoms with E-state index in [1.165, 1.54) is 23.5 Å². The Morgan fingerprint density at radius 3 is 2.25 bits per heavy atom. The van der Waals surface area contributed by atoms with Gasteiger partial charge in [0.05, 0.1) is 11.3 Å². The molecule has 2 heterocycles. The molecule has 124 valence electrons. The summed E-state index contributed by atoms with van der Waals surface area (Å²) in [7, 11) is 0. The summed E-state index contributed by atoms with van der Waals surface area (Å²) in [6, 6.07) is 12.4. The molecule has 2 nitrogen and oxygen atoms in total. The minimum Gasteiger partial charge on any atom is -0.428 e. The lowest BCUT2D eigenvalue weighted by Gasteiger charge is -2.09. The maximum absolute atomic E-state index is 12.7. The van der Waals surface area contributed by atoms with Crippen LogP contribution in [0.15, 0.2) is 48.5 Å². The topological polar surface area (TPSA) is 22.1 Å². The first-order valence-corrected chi connectivity index (χ1v) is 8.03. The van der Waals surface area contributed by atoms with E-state index in [2.05, 4.69) is 4.98 Å². The van der Waals surface area contributed by atoms with Crippen LogP contribution in [0.3, 0.4) is 0 Å². The fourth-order valence-electron chi connectivity index (χ4n) is 2.24. The molecule has 0 spiro atoms. The zero-order chi connectivity index (χ0) is 17.3. The molecule has 0 saturated heterocycles. The highest BCUT2D eigenvalue weighted by molar-refractivity contribution is 7.13. The first kappa shape index (κ1) is 16.5. The highest BCUT2D eigenvalue weighted by atomic mass is 32.1. The zero-order valence-corrected chi connectivity index (χ0v) is 13.8. The molecule has 2 aromatic heterocycles. The quantitative estimate of drug-likeness (QED) is 0.558. The van der Waals surface area contributed by atoms with Crippen LogP contribution in [-0.4, -0.2) is 4.98 Å². The molecule has 0 fully saturated rings. The van der Waals surface area contributed by atoms with Crippen LogP contribution in [0.25, 0.3) is 11.3 Å². The Bertz CT molecular complexity index is 853. The maximum Gasteiger partial charge on any atom is 0.416 e. The summed E-state index contributed by atoms with van der Waals surface area (Å²) in [6.45, 7) is 3.87. The SMILES string of the molecule is Cc1cc(Oc2ccc(C)s2)nc(-c2ccc(C(F)(F)F)cc2)c1. The molecule has 0 saturated carbocycles. The Morgan fingerprint density at radius 1 is 0.958 bits per heavy atom. The molecule has 0 atom stereocenters. The molecule has 3 rings (SSSR count). The molecule has 0 aliphatic carbocycles. The number of halogens is 3. The summed E-state index contributed by atoms with van der Waals surface area (Å²) in [4.78, 5) is 5.53. The second-order valence-electron chi connectivity index (χ2n) is 5.41. The van der Waals surface area contributed by atoms with Gasteiger partial charge >= 0.3 is 6.18 Å². The summed E-state index contributed by atoms with van der Waals surface area (Å²) in [5, 5.41) is 0.726. The van der Waals surface area contributed by atoms with Crippen LogP contribution >= 0.6 is 11.3 Å². The monoisotopic (exact) mass is 349 g/mol. The largest absolute Gasteiger partial charge is 0.428 e. The number of ether oxygens (including phenoxy) is 1. The highest BCUT2D eigenvalue weighted by Crippen LogP contribution is 2.32. The third-order valence-electron chi connectivity index (χ3n) is 3.38. The van der Waals surface area contributed by atoms with E-state index < -0.39 is 11.7 Å². The number of hydrogen-bond acceptors (Lipinski definition) is 3. The van der Waals surface area contributed by atoms with E-state index >= 15 is 0 Å². The summed E-state index contributed by atoms with van der Waals surface area (Å²) in [5.74, 6) is 0.423.